The molecule has 1 aliphatic rings. The average molecular weight is 255 g/mol. The molecule has 4 heteroatoms. The molecule has 0 heterocycles. The van der Waals surface area contributed by atoms with Gasteiger partial charge in [0.2, 0.25) is 0 Å². The average Bonchev–Trinajstić information content (AvgIpc) is 3.01. The van der Waals surface area contributed by atoms with E-state index in [1.54, 1.807) is 0 Å². The van der Waals surface area contributed by atoms with Crippen LogP contribution in [0.2, 0.25) is 5.02 Å². The molecule has 0 aliphatic heterocycles. The largest absolute Gasteiger partial charge is 0.389 e. The van der Waals surface area contributed by atoms with Gasteiger partial charge in [-0.2, -0.15) is 0 Å². The van der Waals surface area contributed by atoms with Gasteiger partial charge in [0, 0.05) is 29.9 Å². The third-order valence-electron chi connectivity index (χ3n) is 2.87. The van der Waals surface area contributed by atoms with E-state index in [1.165, 1.54) is 12.8 Å². The summed E-state index contributed by atoms with van der Waals surface area (Å²) in [4.78, 5) is 2.62. The Morgan fingerprint density at radius 2 is 2.25 bits per heavy atom. The Bertz CT molecular complexity index is 415. The van der Waals surface area contributed by atoms with E-state index < -0.39 is 0 Å². The van der Waals surface area contributed by atoms with Gasteiger partial charge >= 0.3 is 0 Å². The fourth-order valence-corrected chi connectivity index (χ4v) is 2.15. The molecule has 0 saturated heterocycles. The summed E-state index contributed by atoms with van der Waals surface area (Å²) >= 11 is 11.1. The smallest absolute Gasteiger partial charge is 0.106 e. The second kappa shape index (κ2) is 4.60. The normalized spacial score (nSPS) is 14.9. The van der Waals surface area contributed by atoms with E-state index in [0.717, 1.165) is 28.7 Å². The van der Waals surface area contributed by atoms with Gasteiger partial charge in [0.15, 0.2) is 0 Å². The van der Waals surface area contributed by atoms with Gasteiger partial charge in [-0.05, 0) is 37.0 Å². The molecule has 1 aliphatic carbocycles. The molecular formula is C12H15ClN2S. The van der Waals surface area contributed by atoms with Crippen LogP contribution in [-0.2, 0) is 0 Å². The summed E-state index contributed by atoms with van der Waals surface area (Å²) in [7, 11) is 2.06. The van der Waals surface area contributed by atoms with Crippen LogP contribution in [0.3, 0.4) is 0 Å². The number of anilines is 1. The number of hydrogen-bond acceptors (Lipinski definition) is 2. The predicted molar refractivity (Wildman–Crippen MR) is 73.3 cm³/mol. The lowest BCUT2D eigenvalue weighted by atomic mass is 10.1. The molecule has 0 bridgehead atoms. The van der Waals surface area contributed by atoms with Crippen LogP contribution >= 0.6 is 23.8 Å². The molecule has 86 valence electrons. The minimum absolute atomic E-state index is 0.425. The van der Waals surface area contributed by atoms with Gasteiger partial charge in [-0.1, -0.05) is 23.8 Å². The number of benzene rings is 1. The molecular weight excluding hydrogens is 240 g/mol. The van der Waals surface area contributed by atoms with Crippen molar-refractivity contribution in [2.75, 3.05) is 18.5 Å². The van der Waals surface area contributed by atoms with Crippen LogP contribution < -0.4 is 10.6 Å². The maximum absolute atomic E-state index is 6.01. The second-order valence-corrected chi connectivity index (χ2v) is 5.23. The zero-order valence-corrected chi connectivity index (χ0v) is 10.8. The summed E-state index contributed by atoms with van der Waals surface area (Å²) in [6.45, 7) is 1.05. The van der Waals surface area contributed by atoms with Crippen molar-refractivity contribution in [1.29, 1.82) is 0 Å². The Labute approximate surface area is 106 Å². The van der Waals surface area contributed by atoms with E-state index in [9.17, 15) is 0 Å². The summed E-state index contributed by atoms with van der Waals surface area (Å²) < 4.78 is 0. The lowest BCUT2D eigenvalue weighted by molar-refractivity contribution is 0.787. The number of thiocarbonyl (C=S) groups is 1. The van der Waals surface area contributed by atoms with Gasteiger partial charge in [-0.15, -0.1) is 0 Å². The van der Waals surface area contributed by atoms with E-state index in [1.807, 2.05) is 18.2 Å². The van der Waals surface area contributed by atoms with Crippen molar-refractivity contribution in [1.82, 2.24) is 0 Å². The van der Waals surface area contributed by atoms with Gasteiger partial charge in [0.05, 0.1) is 0 Å². The second-order valence-electron chi connectivity index (χ2n) is 4.35. The van der Waals surface area contributed by atoms with Gasteiger partial charge in [0.25, 0.3) is 0 Å². The number of nitrogens with zero attached hydrogens (tertiary/aromatic N) is 1. The molecule has 2 N–H and O–H groups in total. The number of rotatable bonds is 4. The van der Waals surface area contributed by atoms with E-state index in [4.69, 9.17) is 29.6 Å². The van der Waals surface area contributed by atoms with Gasteiger partial charge < -0.3 is 10.6 Å². The van der Waals surface area contributed by atoms with Gasteiger partial charge in [0.1, 0.15) is 4.99 Å². The summed E-state index contributed by atoms with van der Waals surface area (Å²) in [5.74, 6) is 0.822. The minimum atomic E-state index is 0.425. The monoisotopic (exact) mass is 254 g/mol. The molecule has 0 spiro atoms. The Kier molecular flexibility index (Phi) is 3.36. The van der Waals surface area contributed by atoms with Crippen LogP contribution in [0, 0.1) is 5.92 Å². The van der Waals surface area contributed by atoms with E-state index in [2.05, 4.69) is 11.9 Å². The van der Waals surface area contributed by atoms with Crippen LogP contribution in [0.25, 0.3) is 0 Å². The molecule has 0 aromatic heterocycles. The Hall–Kier alpha value is -0.800. The van der Waals surface area contributed by atoms with Crippen molar-refractivity contribution in [2.45, 2.75) is 12.8 Å². The maximum atomic E-state index is 6.01. The third kappa shape index (κ3) is 2.66. The first kappa shape index (κ1) is 11.7. The fourth-order valence-electron chi connectivity index (χ4n) is 1.82. The third-order valence-corrected chi connectivity index (χ3v) is 3.32. The van der Waals surface area contributed by atoms with Crippen LogP contribution in [0.4, 0.5) is 5.69 Å². The molecule has 0 radical (unpaired) electrons. The molecule has 0 amide bonds. The number of nitrogens with two attached hydrogens (primary N) is 1. The zero-order chi connectivity index (χ0) is 11.7. The van der Waals surface area contributed by atoms with Crippen LogP contribution in [-0.4, -0.2) is 18.6 Å². The Morgan fingerprint density at radius 3 is 2.81 bits per heavy atom. The highest BCUT2D eigenvalue weighted by Crippen LogP contribution is 2.32. The maximum Gasteiger partial charge on any atom is 0.106 e. The first-order valence-corrected chi connectivity index (χ1v) is 6.17. The molecule has 16 heavy (non-hydrogen) atoms. The minimum Gasteiger partial charge on any atom is -0.389 e. The first-order chi connectivity index (χ1) is 7.58. The highest BCUT2D eigenvalue weighted by Gasteiger charge is 2.24. The summed E-state index contributed by atoms with van der Waals surface area (Å²) in [5, 5.41) is 0.720. The van der Waals surface area contributed by atoms with E-state index in [-0.39, 0.29) is 0 Å². The topological polar surface area (TPSA) is 29.3 Å². The highest BCUT2D eigenvalue weighted by molar-refractivity contribution is 7.80. The predicted octanol–water partition coefficient (Wildman–Crippen LogP) is 2.82. The zero-order valence-electron chi connectivity index (χ0n) is 9.24. The van der Waals surface area contributed by atoms with Gasteiger partial charge in [-0.25, -0.2) is 0 Å². The van der Waals surface area contributed by atoms with Crippen LogP contribution in [0.15, 0.2) is 18.2 Å². The highest BCUT2D eigenvalue weighted by atomic mass is 35.5. The molecule has 1 aromatic rings. The van der Waals surface area contributed by atoms with Crippen molar-refractivity contribution in [3.05, 3.63) is 28.8 Å². The van der Waals surface area contributed by atoms with Crippen molar-refractivity contribution in [3.63, 3.8) is 0 Å². The summed E-state index contributed by atoms with van der Waals surface area (Å²) in [6, 6.07) is 5.65. The van der Waals surface area contributed by atoms with Crippen LogP contribution in [0.5, 0.6) is 0 Å². The number of halogens is 1. The standard InChI is InChI=1S/C12H15ClN2S/c1-15(7-8-2-3-8)11-6-9(13)4-5-10(11)12(14)16/h4-6,8H,2-3,7H2,1H3,(H2,14,16). The Morgan fingerprint density at radius 1 is 1.56 bits per heavy atom. The Balaban J connectivity index is 2.27. The summed E-state index contributed by atoms with van der Waals surface area (Å²) in [5.41, 5.74) is 7.65. The molecule has 1 aromatic carbocycles. The molecule has 2 rings (SSSR count). The fraction of sp³-hybridized carbons (Fsp3) is 0.417. The molecule has 0 unspecified atom stereocenters. The van der Waals surface area contributed by atoms with Crippen molar-refractivity contribution in [2.24, 2.45) is 11.7 Å². The van der Waals surface area contributed by atoms with E-state index in [0.29, 0.717) is 4.99 Å². The SMILES string of the molecule is CN(CC1CC1)c1cc(Cl)ccc1C(N)=S. The van der Waals surface area contributed by atoms with Gasteiger partial charge in [-0.3, -0.25) is 0 Å². The van der Waals surface area contributed by atoms with Crippen LogP contribution in [0.1, 0.15) is 18.4 Å². The summed E-state index contributed by atoms with van der Waals surface area (Å²) in [6.07, 6.45) is 2.65. The molecule has 2 nitrogen and oxygen atoms in total. The molecule has 0 atom stereocenters. The molecule has 1 saturated carbocycles. The van der Waals surface area contributed by atoms with Crippen molar-refractivity contribution in [3.8, 4) is 0 Å². The van der Waals surface area contributed by atoms with E-state index >= 15 is 0 Å². The van der Waals surface area contributed by atoms with Crippen molar-refractivity contribution >= 4 is 34.5 Å². The van der Waals surface area contributed by atoms with Crippen molar-refractivity contribution < 1.29 is 0 Å². The first-order valence-electron chi connectivity index (χ1n) is 5.38. The quantitative estimate of drug-likeness (QED) is 0.838. The lowest BCUT2D eigenvalue weighted by Crippen LogP contribution is -2.23. The molecule has 1 fully saturated rings. The lowest BCUT2D eigenvalue weighted by Gasteiger charge is -2.22. The number of hydrogen-bond donors (Lipinski definition) is 1.